The van der Waals surface area contributed by atoms with E-state index >= 15 is 0 Å². The van der Waals surface area contributed by atoms with Gasteiger partial charge in [-0.1, -0.05) is 19.1 Å². The summed E-state index contributed by atoms with van der Waals surface area (Å²) in [5.41, 5.74) is 1.18. The van der Waals surface area contributed by atoms with Gasteiger partial charge in [0.25, 0.3) is 0 Å². The monoisotopic (exact) mass is 185 g/mol. The van der Waals surface area contributed by atoms with Crippen molar-refractivity contribution in [3.8, 4) is 5.75 Å². The van der Waals surface area contributed by atoms with Gasteiger partial charge in [0.1, 0.15) is 17.6 Å². The van der Waals surface area contributed by atoms with Gasteiger partial charge in [-0.05, 0) is 24.2 Å². The highest BCUT2D eigenvalue weighted by Gasteiger charge is 1.94. The maximum Gasteiger partial charge on any atom is 0.146 e. The second-order valence-corrected chi connectivity index (χ2v) is 2.66. The molecule has 0 atom stereocenters. The van der Waals surface area contributed by atoms with E-state index in [0.29, 0.717) is 5.75 Å². The van der Waals surface area contributed by atoms with Gasteiger partial charge in [-0.15, -0.1) is 0 Å². The highest BCUT2D eigenvalue weighted by Crippen LogP contribution is 2.13. The highest BCUT2D eigenvalue weighted by atomic mass is 35.5. The maximum absolute atomic E-state index is 5.21. The van der Waals surface area contributed by atoms with Gasteiger partial charge in [0, 0.05) is 6.54 Å². The minimum atomic E-state index is 0.687. The first-order valence-electron chi connectivity index (χ1n) is 3.95. The topological polar surface area (TPSA) is 21.3 Å². The van der Waals surface area contributed by atoms with Crippen molar-refractivity contribution in [2.45, 2.75) is 13.5 Å². The van der Waals surface area contributed by atoms with Crippen LogP contribution in [0.1, 0.15) is 12.5 Å². The Balaban J connectivity index is 2.60. The normalized spacial score (nSPS) is 9.83. The van der Waals surface area contributed by atoms with Crippen molar-refractivity contribution in [3.63, 3.8) is 0 Å². The number of hydrogen-bond donors (Lipinski definition) is 1. The van der Waals surface area contributed by atoms with Gasteiger partial charge in [0.15, 0.2) is 0 Å². The Labute approximate surface area is 77.7 Å². The van der Waals surface area contributed by atoms with E-state index in [0.717, 1.165) is 13.1 Å². The van der Waals surface area contributed by atoms with Crippen LogP contribution in [-0.4, -0.2) is 6.54 Å². The molecule has 1 aromatic carbocycles. The third-order valence-corrected chi connectivity index (χ3v) is 1.74. The molecule has 12 heavy (non-hydrogen) atoms. The number of benzene rings is 1. The minimum Gasteiger partial charge on any atom is -0.386 e. The number of halogens is 1. The molecule has 0 aromatic heterocycles. The van der Waals surface area contributed by atoms with Gasteiger partial charge >= 0.3 is 0 Å². The Morgan fingerprint density at radius 1 is 1.50 bits per heavy atom. The summed E-state index contributed by atoms with van der Waals surface area (Å²) in [5, 5.41) is 3.22. The van der Waals surface area contributed by atoms with Crippen molar-refractivity contribution in [3.05, 3.63) is 29.8 Å². The summed E-state index contributed by atoms with van der Waals surface area (Å²) in [6, 6.07) is 7.69. The molecule has 0 saturated heterocycles. The SMILES string of the molecule is CCNCc1cccc(OCl)c1. The highest BCUT2D eigenvalue weighted by molar-refractivity contribution is 6.09. The van der Waals surface area contributed by atoms with E-state index in [4.69, 9.17) is 11.9 Å². The minimum absolute atomic E-state index is 0.687. The van der Waals surface area contributed by atoms with Gasteiger partial charge in [-0.3, -0.25) is 0 Å². The molecule has 0 heterocycles. The molecule has 0 bridgehead atoms. The Bertz CT molecular complexity index is 240. The molecular weight excluding hydrogens is 174 g/mol. The van der Waals surface area contributed by atoms with Crippen LogP contribution in [0.15, 0.2) is 24.3 Å². The first kappa shape index (κ1) is 9.36. The van der Waals surface area contributed by atoms with E-state index in [2.05, 4.69) is 16.5 Å². The zero-order chi connectivity index (χ0) is 8.81. The second kappa shape index (κ2) is 5.01. The third-order valence-electron chi connectivity index (χ3n) is 1.57. The molecule has 0 fully saturated rings. The van der Waals surface area contributed by atoms with Crippen LogP contribution in [0.2, 0.25) is 0 Å². The van der Waals surface area contributed by atoms with Gasteiger partial charge in [0.2, 0.25) is 0 Å². The van der Waals surface area contributed by atoms with Crippen LogP contribution in [0.25, 0.3) is 0 Å². The zero-order valence-electron chi connectivity index (χ0n) is 7.01. The summed E-state index contributed by atoms with van der Waals surface area (Å²) in [6.07, 6.45) is 0. The molecule has 0 saturated carbocycles. The van der Waals surface area contributed by atoms with Crippen molar-refractivity contribution in [2.75, 3.05) is 6.54 Å². The molecule has 0 amide bonds. The van der Waals surface area contributed by atoms with Gasteiger partial charge in [-0.2, -0.15) is 0 Å². The van der Waals surface area contributed by atoms with Gasteiger partial charge in [-0.25, -0.2) is 0 Å². The largest absolute Gasteiger partial charge is 0.386 e. The predicted molar refractivity (Wildman–Crippen MR) is 50.3 cm³/mol. The Hall–Kier alpha value is -0.730. The summed E-state index contributed by atoms with van der Waals surface area (Å²) in [5.74, 6) is 0.687. The number of rotatable bonds is 4. The van der Waals surface area contributed by atoms with Crippen LogP contribution in [0.4, 0.5) is 0 Å². The van der Waals surface area contributed by atoms with Crippen molar-refractivity contribution < 1.29 is 4.29 Å². The lowest BCUT2D eigenvalue weighted by molar-refractivity contribution is 0.616. The first-order chi connectivity index (χ1) is 5.86. The lowest BCUT2D eigenvalue weighted by atomic mass is 10.2. The van der Waals surface area contributed by atoms with Gasteiger partial charge in [0.05, 0.1) is 0 Å². The molecule has 1 rings (SSSR count). The summed E-state index contributed by atoms with van der Waals surface area (Å²) in [7, 11) is 0. The van der Waals surface area contributed by atoms with Crippen molar-refractivity contribution in [1.29, 1.82) is 0 Å². The molecule has 0 radical (unpaired) electrons. The van der Waals surface area contributed by atoms with E-state index in [1.165, 1.54) is 5.56 Å². The fourth-order valence-corrected chi connectivity index (χ4v) is 1.07. The van der Waals surface area contributed by atoms with Crippen LogP contribution >= 0.6 is 11.9 Å². The molecule has 66 valence electrons. The molecule has 0 aliphatic rings. The summed E-state index contributed by atoms with van der Waals surface area (Å²) in [4.78, 5) is 0. The lowest BCUT2D eigenvalue weighted by Gasteiger charge is -2.02. The van der Waals surface area contributed by atoms with E-state index in [9.17, 15) is 0 Å². The average molecular weight is 186 g/mol. The molecule has 1 aromatic rings. The van der Waals surface area contributed by atoms with Crippen molar-refractivity contribution in [2.24, 2.45) is 0 Å². The van der Waals surface area contributed by atoms with E-state index in [1.54, 1.807) is 0 Å². The Morgan fingerprint density at radius 3 is 3.00 bits per heavy atom. The smallest absolute Gasteiger partial charge is 0.146 e. The van der Waals surface area contributed by atoms with Crippen molar-refractivity contribution >= 4 is 11.9 Å². The van der Waals surface area contributed by atoms with Crippen LogP contribution in [0, 0.1) is 0 Å². The second-order valence-electron chi connectivity index (χ2n) is 2.50. The maximum atomic E-state index is 5.21. The standard InChI is InChI=1S/C9H12ClNO/c1-2-11-7-8-4-3-5-9(6-8)12-10/h3-6,11H,2,7H2,1H3. The average Bonchev–Trinajstić information content (AvgIpc) is 2.15. The molecule has 0 unspecified atom stereocenters. The van der Waals surface area contributed by atoms with E-state index in [-0.39, 0.29) is 0 Å². The summed E-state index contributed by atoms with van der Waals surface area (Å²) >= 11 is 5.21. The fraction of sp³-hybridized carbons (Fsp3) is 0.333. The molecule has 2 nitrogen and oxygen atoms in total. The van der Waals surface area contributed by atoms with E-state index in [1.807, 2.05) is 24.3 Å². The van der Waals surface area contributed by atoms with Crippen LogP contribution in [0.5, 0.6) is 5.75 Å². The third kappa shape index (κ3) is 2.72. The molecule has 1 N–H and O–H groups in total. The molecule has 0 aliphatic heterocycles. The fourth-order valence-electron chi connectivity index (χ4n) is 0.973. The summed E-state index contributed by atoms with van der Waals surface area (Å²) < 4.78 is 4.58. The molecule has 3 heteroatoms. The Kier molecular flexibility index (Phi) is 3.91. The predicted octanol–water partition coefficient (Wildman–Crippen LogP) is 2.33. The van der Waals surface area contributed by atoms with E-state index < -0.39 is 0 Å². The lowest BCUT2D eigenvalue weighted by Crippen LogP contribution is -2.11. The molecule has 0 aliphatic carbocycles. The van der Waals surface area contributed by atoms with Crippen molar-refractivity contribution in [1.82, 2.24) is 5.32 Å². The molecular formula is C9H12ClNO. The molecule has 0 spiro atoms. The van der Waals surface area contributed by atoms with Crippen LogP contribution in [0.3, 0.4) is 0 Å². The zero-order valence-corrected chi connectivity index (χ0v) is 7.77. The first-order valence-corrected chi connectivity index (χ1v) is 4.26. The number of nitrogens with one attached hydrogen (secondary N) is 1. The Morgan fingerprint density at radius 2 is 2.33 bits per heavy atom. The van der Waals surface area contributed by atoms with Gasteiger partial charge < -0.3 is 9.61 Å². The number of hydrogen-bond acceptors (Lipinski definition) is 2. The van der Waals surface area contributed by atoms with Crippen LogP contribution < -0.4 is 9.61 Å². The van der Waals surface area contributed by atoms with Crippen LogP contribution in [-0.2, 0) is 6.54 Å². The summed E-state index contributed by atoms with van der Waals surface area (Å²) in [6.45, 7) is 3.89. The quantitative estimate of drug-likeness (QED) is 0.778.